The Hall–Kier alpha value is -2.78. The van der Waals surface area contributed by atoms with E-state index in [0.717, 1.165) is 0 Å². The average molecular weight is 614 g/mol. The van der Waals surface area contributed by atoms with Crippen molar-refractivity contribution >= 4 is 39.2 Å². The third-order valence-electron chi connectivity index (χ3n) is 8.21. The number of sulfonamides is 1. The smallest absolute Gasteiger partial charge is 0.415 e. The minimum absolute atomic E-state index is 0.000738. The van der Waals surface area contributed by atoms with E-state index < -0.39 is 40.1 Å². The Morgan fingerprint density at radius 3 is 2.56 bits per heavy atom. The second-order valence-electron chi connectivity index (χ2n) is 10.6. The van der Waals surface area contributed by atoms with Crippen molar-refractivity contribution in [1.29, 1.82) is 0 Å². The van der Waals surface area contributed by atoms with Gasteiger partial charge in [-0.3, -0.25) is 4.90 Å². The summed E-state index contributed by atoms with van der Waals surface area (Å²) < 4.78 is 69.9. The minimum atomic E-state index is -3.93. The first-order valence-corrected chi connectivity index (χ1v) is 15.3. The Bertz CT molecular complexity index is 1440. The number of fused-ring (bicyclic) bond motifs is 3. The number of cyclic esters (lactones) is 1. The molecule has 0 aliphatic carbocycles. The highest BCUT2D eigenvalue weighted by molar-refractivity contribution is 7.89. The molecule has 4 aliphatic rings. The van der Waals surface area contributed by atoms with Crippen molar-refractivity contribution in [2.75, 3.05) is 62.3 Å². The molecule has 3 saturated heterocycles. The van der Waals surface area contributed by atoms with Crippen molar-refractivity contribution in [2.45, 2.75) is 35.8 Å². The molecule has 2 N–H and O–H groups in total. The zero-order valence-electron chi connectivity index (χ0n) is 22.0. The van der Waals surface area contributed by atoms with Crippen molar-refractivity contribution in [3.8, 4) is 5.75 Å². The Labute approximate surface area is 241 Å². The standard InChI is InChI=1S/C26H30ClF2N5O6S/c27-23-11-17(26(28,29)16-3-5-30-6-4-16)12-24(31-23)32-7-9-33(10-8-32)41(37,38)18-1-2-19-21(13-18)39-15-20-22(14-35)40-25(36)34(19)20/h1-2,11-13,16,20,22,30,35H,3-10,14-15H2/t20-,22-/m0/s1. The third-order valence-corrected chi connectivity index (χ3v) is 10.3. The molecule has 6 rings (SSSR count). The molecule has 3 fully saturated rings. The maximum absolute atomic E-state index is 15.4. The van der Waals surface area contributed by atoms with E-state index in [1.165, 1.54) is 39.5 Å². The summed E-state index contributed by atoms with van der Waals surface area (Å²) in [5, 5.41) is 12.5. The summed E-state index contributed by atoms with van der Waals surface area (Å²) >= 11 is 6.17. The fourth-order valence-corrected chi connectivity index (χ4v) is 7.54. The molecule has 11 nitrogen and oxygen atoms in total. The Morgan fingerprint density at radius 1 is 1.12 bits per heavy atom. The number of alkyl halides is 2. The number of hydrogen-bond acceptors (Lipinski definition) is 9. The summed E-state index contributed by atoms with van der Waals surface area (Å²) in [6, 6.07) is 6.33. The maximum atomic E-state index is 15.4. The molecular formula is C26H30ClF2N5O6S. The lowest BCUT2D eigenvalue weighted by molar-refractivity contribution is -0.0753. The number of aromatic nitrogens is 1. The molecular weight excluding hydrogens is 584 g/mol. The normalized spacial score (nSPS) is 24.0. The van der Waals surface area contributed by atoms with Gasteiger partial charge in [0.25, 0.3) is 5.92 Å². The van der Waals surface area contributed by atoms with Crippen LogP contribution in [-0.2, 0) is 20.7 Å². The van der Waals surface area contributed by atoms with Crippen molar-refractivity contribution in [3.63, 3.8) is 0 Å². The molecule has 2 aromatic rings. The van der Waals surface area contributed by atoms with Crippen LogP contribution >= 0.6 is 11.6 Å². The van der Waals surface area contributed by atoms with E-state index in [1.54, 1.807) is 4.90 Å². The quantitative estimate of drug-likeness (QED) is 0.473. The number of nitrogens with one attached hydrogen (secondary N) is 1. The zero-order valence-corrected chi connectivity index (χ0v) is 23.6. The fourth-order valence-electron chi connectivity index (χ4n) is 5.89. The number of piperazine rings is 1. The van der Waals surface area contributed by atoms with E-state index in [-0.39, 0.29) is 66.6 Å². The molecule has 41 heavy (non-hydrogen) atoms. The van der Waals surface area contributed by atoms with Gasteiger partial charge in [0.05, 0.1) is 17.2 Å². The van der Waals surface area contributed by atoms with Crippen LogP contribution in [0.2, 0.25) is 5.15 Å². The summed E-state index contributed by atoms with van der Waals surface area (Å²) in [7, 11) is -3.93. The lowest BCUT2D eigenvalue weighted by atomic mass is 9.87. The number of hydrogen-bond donors (Lipinski definition) is 2. The number of amides is 1. The molecule has 0 unspecified atom stereocenters. The van der Waals surface area contributed by atoms with Crippen molar-refractivity contribution in [1.82, 2.24) is 14.6 Å². The van der Waals surface area contributed by atoms with Crippen molar-refractivity contribution < 1.29 is 36.6 Å². The van der Waals surface area contributed by atoms with Crippen molar-refractivity contribution in [3.05, 3.63) is 41.0 Å². The summed E-state index contributed by atoms with van der Waals surface area (Å²) in [5.74, 6) is -3.35. The molecule has 2 atom stereocenters. The van der Waals surface area contributed by atoms with Crippen molar-refractivity contribution in [2.24, 2.45) is 5.92 Å². The Balaban J connectivity index is 1.16. The second-order valence-corrected chi connectivity index (χ2v) is 12.9. The zero-order chi connectivity index (χ0) is 28.9. The first-order chi connectivity index (χ1) is 19.6. The number of nitrogens with zero attached hydrogens (tertiary/aromatic N) is 4. The molecule has 1 aromatic carbocycles. The highest BCUT2D eigenvalue weighted by atomic mass is 35.5. The first kappa shape index (κ1) is 28.3. The number of aliphatic hydroxyl groups excluding tert-OH is 1. The SMILES string of the molecule is O=C1O[C@@H](CO)[C@@H]2COc3cc(S(=O)(=O)N4CCN(c5cc(C(F)(F)C6CCNCC6)cc(Cl)n5)CC4)ccc3N12. The summed E-state index contributed by atoms with van der Waals surface area (Å²) in [5.41, 5.74) is 0.188. The van der Waals surface area contributed by atoms with Gasteiger partial charge in [0.2, 0.25) is 10.0 Å². The Kier molecular flexibility index (Phi) is 7.47. The van der Waals surface area contributed by atoms with Crippen LogP contribution in [0.25, 0.3) is 0 Å². The number of ether oxygens (including phenoxy) is 2. The molecule has 0 bridgehead atoms. The van der Waals surface area contributed by atoms with Crippen LogP contribution in [0.4, 0.5) is 25.1 Å². The van der Waals surface area contributed by atoms with Gasteiger partial charge in [-0.05, 0) is 50.2 Å². The molecule has 0 saturated carbocycles. The lowest BCUT2D eigenvalue weighted by Gasteiger charge is -2.36. The molecule has 4 aliphatic heterocycles. The number of carbonyl (C=O) groups excluding carboxylic acids is 1. The highest BCUT2D eigenvalue weighted by Crippen LogP contribution is 2.43. The van der Waals surface area contributed by atoms with E-state index in [1.807, 2.05) is 0 Å². The number of pyridine rings is 1. The molecule has 1 amide bonds. The van der Waals surface area contributed by atoms with Crippen LogP contribution in [0.15, 0.2) is 35.2 Å². The van der Waals surface area contributed by atoms with Gasteiger partial charge >= 0.3 is 6.09 Å². The number of piperidine rings is 1. The van der Waals surface area contributed by atoms with Gasteiger partial charge in [-0.1, -0.05) is 11.6 Å². The van der Waals surface area contributed by atoms with Gasteiger partial charge < -0.3 is 24.8 Å². The second kappa shape index (κ2) is 10.8. The number of halogens is 3. The third kappa shape index (κ3) is 5.09. The van der Waals surface area contributed by atoms with Crippen LogP contribution in [0, 0.1) is 5.92 Å². The molecule has 5 heterocycles. The lowest BCUT2D eigenvalue weighted by Crippen LogP contribution is -2.49. The monoisotopic (exact) mass is 613 g/mol. The van der Waals surface area contributed by atoms with Gasteiger partial charge in [0.15, 0.2) is 6.10 Å². The van der Waals surface area contributed by atoms with Crippen LogP contribution < -0.4 is 19.9 Å². The van der Waals surface area contributed by atoms with Crippen LogP contribution in [0.1, 0.15) is 18.4 Å². The molecule has 15 heteroatoms. The van der Waals surface area contributed by atoms with Crippen LogP contribution in [0.3, 0.4) is 0 Å². The van der Waals surface area contributed by atoms with E-state index >= 15 is 8.78 Å². The molecule has 0 radical (unpaired) electrons. The van der Waals surface area contributed by atoms with Gasteiger partial charge in [0.1, 0.15) is 29.4 Å². The van der Waals surface area contributed by atoms with Crippen LogP contribution in [0.5, 0.6) is 5.75 Å². The number of aliphatic hydroxyl groups is 1. The topological polar surface area (TPSA) is 125 Å². The van der Waals surface area contributed by atoms with Gasteiger partial charge in [0, 0.05) is 43.7 Å². The number of anilines is 2. The van der Waals surface area contributed by atoms with Crippen LogP contribution in [-0.4, -0.2) is 93.5 Å². The maximum Gasteiger partial charge on any atom is 0.415 e. The summed E-state index contributed by atoms with van der Waals surface area (Å²) in [4.78, 5) is 19.7. The Morgan fingerprint density at radius 2 is 1.85 bits per heavy atom. The van der Waals surface area contributed by atoms with E-state index in [4.69, 9.17) is 21.1 Å². The van der Waals surface area contributed by atoms with E-state index in [9.17, 15) is 18.3 Å². The summed E-state index contributed by atoms with van der Waals surface area (Å²) in [6.07, 6.45) is -0.635. The molecule has 1 aromatic heterocycles. The number of rotatable bonds is 6. The number of carbonyl (C=O) groups is 1. The largest absolute Gasteiger partial charge is 0.489 e. The first-order valence-electron chi connectivity index (χ1n) is 13.5. The van der Waals surface area contributed by atoms with Gasteiger partial charge in [-0.25, -0.2) is 27.0 Å². The van der Waals surface area contributed by atoms with E-state index in [2.05, 4.69) is 10.3 Å². The molecule has 0 spiro atoms. The predicted molar refractivity (Wildman–Crippen MR) is 145 cm³/mol. The fraction of sp³-hybridized carbons (Fsp3) is 0.538. The molecule has 222 valence electrons. The average Bonchev–Trinajstić information content (AvgIpc) is 3.32. The predicted octanol–water partition coefficient (Wildman–Crippen LogP) is 2.42. The van der Waals surface area contributed by atoms with Gasteiger partial charge in [-0.2, -0.15) is 4.31 Å². The summed E-state index contributed by atoms with van der Waals surface area (Å²) in [6.45, 7) is 1.45. The minimum Gasteiger partial charge on any atom is -0.489 e. The van der Waals surface area contributed by atoms with Gasteiger partial charge in [-0.15, -0.1) is 0 Å². The van der Waals surface area contributed by atoms with E-state index in [0.29, 0.717) is 31.6 Å². The highest BCUT2D eigenvalue weighted by Gasteiger charge is 2.47. The number of benzene rings is 1.